The van der Waals surface area contributed by atoms with Crippen LogP contribution in [-0.2, 0) is 0 Å². The average molecular weight is 361 g/mol. The third kappa shape index (κ3) is 2.51. The van der Waals surface area contributed by atoms with E-state index in [2.05, 4.69) is 26.0 Å². The van der Waals surface area contributed by atoms with Gasteiger partial charge in [0, 0.05) is 24.7 Å². The maximum atomic E-state index is 9.42. The van der Waals surface area contributed by atoms with Gasteiger partial charge >= 0.3 is 0 Å². The van der Waals surface area contributed by atoms with Gasteiger partial charge in [-0.3, -0.25) is 4.98 Å². The van der Waals surface area contributed by atoms with Crippen molar-refractivity contribution in [3.05, 3.63) is 36.4 Å². The molecule has 1 aliphatic carbocycles. The Morgan fingerprint density at radius 1 is 1.26 bits per heavy atom. The quantitative estimate of drug-likeness (QED) is 0.750. The summed E-state index contributed by atoms with van der Waals surface area (Å²) in [6.07, 6.45) is 6.86. The summed E-state index contributed by atoms with van der Waals surface area (Å²) in [5, 5.41) is 13.7. The molecule has 1 saturated carbocycles. The molecule has 2 fully saturated rings. The number of aromatic nitrogens is 4. The Balaban J connectivity index is 1.52. The lowest BCUT2D eigenvalue weighted by Crippen LogP contribution is -2.28. The van der Waals surface area contributed by atoms with Crippen molar-refractivity contribution < 1.29 is 4.74 Å². The molecule has 8 nitrogen and oxygen atoms in total. The van der Waals surface area contributed by atoms with Gasteiger partial charge < -0.3 is 15.4 Å². The largest absolute Gasteiger partial charge is 0.492 e. The summed E-state index contributed by atoms with van der Waals surface area (Å²) >= 11 is 0. The van der Waals surface area contributed by atoms with E-state index >= 15 is 0 Å². The van der Waals surface area contributed by atoms with Crippen LogP contribution in [0, 0.1) is 23.2 Å². The van der Waals surface area contributed by atoms with Gasteiger partial charge in [-0.2, -0.15) is 10.4 Å². The molecule has 1 saturated heterocycles. The normalized spacial score (nSPS) is 23.3. The number of piperidine rings is 1. The van der Waals surface area contributed by atoms with E-state index in [0.29, 0.717) is 47.0 Å². The van der Waals surface area contributed by atoms with Crippen molar-refractivity contribution >= 4 is 11.3 Å². The second kappa shape index (κ2) is 5.93. The fourth-order valence-corrected chi connectivity index (χ4v) is 4.00. The summed E-state index contributed by atoms with van der Waals surface area (Å²) < 4.78 is 7.30. The van der Waals surface area contributed by atoms with Gasteiger partial charge in [0.2, 0.25) is 0 Å². The van der Waals surface area contributed by atoms with E-state index in [0.717, 1.165) is 24.5 Å². The van der Waals surface area contributed by atoms with Crippen LogP contribution in [0.4, 0.5) is 5.82 Å². The molecule has 0 radical (unpaired) electrons. The molecule has 136 valence electrons. The minimum absolute atomic E-state index is 0.356. The second-order valence-corrected chi connectivity index (χ2v) is 7.06. The number of hydrogen-bond acceptors (Lipinski definition) is 7. The third-order valence-corrected chi connectivity index (χ3v) is 5.52. The Morgan fingerprint density at radius 2 is 2.07 bits per heavy atom. The zero-order valence-electron chi connectivity index (χ0n) is 14.9. The summed E-state index contributed by atoms with van der Waals surface area (Å²) in [7, 11) is 0. The van der Waals surface area contributed by atoms with Crippen LogP contribution in [0.25, 0.3) is 16.8 Å². The molecule has 0 spiro atoms. The van der Waals surface area contributed by atoms with Crippen molar-refractivity contribution in [2.45, 2.75) is 13.0 Å². The lowest BCUT2D eigenvalue weighted by molar-refractivity contribution is 0.338. The Morgan fingerprint density at radius 3 is 2.74 bits per heavy atom. The first kappa shape index (κ1) is 16.0. The highest BCUT2D eigenvalue weighted by atomic mass is 16.5. The first-order valence-corrected chi connectivity index (χ1v) is 9.07. The van der Waals surface area contributed by atoms with E-state index in [1.807, 2.05) is 13.0 Å². The fraction of sp³-hybridized carbons (Fsp3) is 0.368. The monoisotopic (exact) mass is 361 g/mol. The van der Waals surface area contributed by atoms with Crippen LogP contribution in [0.3, 0.4) is 0 Å². The van der Waals surface area contributed by atoms with E-state index in [1.54, 1.807) is 29.3 Å². The van der Waals surface area contributed by atoms with E-state index < -0.39 is 0 Å². The molecule has 27 heavy (non-hydrogen) atoms. The van der Waals surface area contributed by atoms with Gasteiger partial charge in [-0.1, -0.05) is 0 Å². The SMILES string of the molecule is CCOc1cc(-c2cnc(N3C[C@@H]4[C@@H](N)[C@@H]4C3)cn2)c2c(C#N)cnn2c1. The smallest absolute Gasteiger partial charge is 0.147 e. The van der Waals surface area contributed by atoms with Crippen LogP contribution in [0.15, 0.2) is 30.9 Å². The van der Waals surface area contributed by atoms with E-state index in [1.165, 1.54) is 0 Å². The van der Waals surface area contributed by atoms with Crippen molar-refractivity contribution in [1.29, 1.82) is 5.26 Å². The molecule has 2 aliphatic rings. The molecule has 5 rings (SSSR count). The molecule has 3 aromatic rings. The Bertz CT molecular complexity index is 1040. The number of anilines is 1. The van der Waals surface area contributed by atoms with Gasteiger partial charge in [0.1, 0.15) is 17.6 Å². The predicted octanol–water partition coefficient (Wildman–Crippen LogP) is 1.45. The Kier molecular flexibility index (Phi) is 3.52. The summed E-state index contributed by atoms with van der Waals surface area (Å²) in [6, 6.07) is 4.43. The molecule has 3 aromatic heterocycles. The van der Waals surface area contributed by atoms with Crippen molar-refractivity contribution in [3.8, 4) is 23.1 Å². The number of ether oxygens (including phenoxy) is 1. The summed E-state index contributed by atoms with van der Waals surface area (Å²) in [5.41, 5.74) is 8.67. The number of hydrogen-bond donors (Lipinski definition) is 1. The predicted molar refractivity (Wildman–Crippen MR) is 99.3 cm³/mol. The van der Waals surface area contributed by atoms with Crippen LogP contribution in [0.5, 0.6) is 5.75 Å². The first-order valence-electron chi connectivity index (χ1n) is 9.07. The lowest BCUT2D eigenvalue weighted by atomic mass is 10.1. The van der Waals surface area contributed by atoms with Crippen molar-refractivity contribution in [3.63, 3.8) is 0 Å². The van der Waals surface area contributed by atoms with Crippen LogP contribution >= 0.6 is 0 Å². The average Bonchev–Trinajstić information content (AvgIpc) is 3.09. The maximum Gasteiger partial charge on any atom is 0.147 e. The molecular weight excluding hydrogens is 342 g/mol. The summed E-state index contributed by atoms with van der Waals surface area (Å²) in [6.45, 7) is 4.37. The van der Waals surface area contributed by atoms with Crippen molar-refractivity contribution in [2.24, 2.45) is 17.6 Å². The number of nitrogens with two attached hydrogens (primary N) is 1. The van der Waals surface area contributed by atoms with Gasteiger partial charge in [0.05, 0.1) is 48.2 Å². The number of fused-ring (bicyclic) bond motifs is 2. The van der Waals surface area contributed by atoms with Gasteiger partial charge in [-0.05, 0) is 24.8 Å². The third-order valence-electron chi connectivity index (χ3n) is 5.52. The highest BCUT2D eigenvalue weighted by Gasteiger charge is 2.53. The molecule has 0 aromatic carbocycles. The molecule has 4 heterocycles. The topological polar surface area (TPSA) is 105 Å². The van der Waals surface area contributed by atoms with Crippen LogP contribution in [0.2, 0.25) is 0 Å². The molecular formula is C19H19N7O. The van der Waals surface area contributed by atoms with Gasteiger partial charge in [0.15, 0.2) is 0 Å². The highest BCUT2D eigenvalue weighted by Crippen LogP contribution is 2.44. The van der Waals surface area contributed by atoms with Crippen molar-refractivity contribution in [2.75, 3.05) is 24.6 Å². The van der Waals surface area contributed by atoms with Gasteiger partial charge in [-0.25, -0.2) is 9.50 Å². The Hall–Kier alpha value is -3.18. The number of pyridine rings is 1. The standard InChI is InChI=1S/C19H19N7O/c1-2-27-12-3-13(19-11(4-20)5-24-26(19)8-12)16-6-23-17(7-22-16)25-9-14-15(10-25)18(14)21/h3,5-8,14-15,18H,2,9-10,21H2,1H3/t14-,15+,18+. The van der Waals surface area contributed by atoms with E-state index in [4.69, 9.17) is 10.5 Å². The van der Waals surface area contributed by atoms with Crippen LogP contribution in [-0.4, -0.2) is 45.3 Å². The molecule has 2 N–H and O–H groups in total. The van der Waals surface area contributed by atoms with Gasteiger partial charge in [-0.15, -0.1) is 0 Å². The van der Waals surface area contributed by atoms with E-state index in [9.17, 15) is 5.26 Å². The van der Waals surface area contributed by atoms with Gasteiger partial charge in [0.25, 0.3) is 0 Å². The fourth-order valence-electron chi connectivity index (χ4n) is 4.00. The highest BCUT2D eigenvalue weighted by molar-refractivity contribution is 5.83. The lowest BCUT2D eigenvalue weighted by Gasteiger charge is -2.19. The molecule has 0 amide bonds. The number of rotatable bonds is 4. The first-order chi connectivity index (χ1) is 13.2. The second-order valence-electron chi connectivity index (χ2n) is 7.06. The molecule has 8 heteroatoms. The summed E-state index contributed by atoms with van der Waals surface area (Å²) in [5.74, 6) is 2.73. The molecule has 0 unspecified atom stereocenters. The Labute approximate surface area is 156 Å². The van der Waals surface area contributed by atoms with Crippen molar-refractivity contribution in [1.82, 2.24) is 19.6 Å². The number of nitriles is 1. The minimum Gasteiger partial charge on any atom is -0.492 e. The van der Waals surface area contributed by atoms with E-state index in [-0.39, 0.29) is 0 Å². The molecule has 3 atom stereocenters. The minimum atomic E-state index is 0.356. The molecule has 0 bridgehead atoms. The zero-order chi connectivity index (χ0) is 18.5. The number of nitrogens with zero attached hydrogens (tertiary/aromatic N) is 6. The summed E-state index contributed by atoms with van der Waals surface area (Å²) in [4.78, 5) is 11.5. The zero-order valence-corrected chi connectivity index (χ0v) is 14.9. The van der Waals surface area contributed by atoms with Crippen LogP contribution in [0.1, 0.15) is 12.5 Å². The van der Waals surface area contributed by atoms with Crippen LogP contribution < -0.4 is 15.4 Å². The maximum absolute atomic E-state index is 9.42. The molecule has 1 aliphatic heterocycles.